The van der Waals surface area contributed by atoms with Gasteiger partial charge in [-0.1, -0.05) is 43.2 Å². The molecule has 2 rings (SSSR count). The van der Waals surface area contributed by atoms with Crippen LogP contribution in [0.2, 0.25) is 0 Å². The number of nitrogens with one attached hydrogen (secondary N) is 2. The van der Waals surface area contributed by atoms with Crippen LogP contribution in [-0.4, -0.2) is 22.4 Å². The van der Waals surface area contributed by atoms with Gasteiger partial charge in [-0.15, -0.1) is 0 Å². The van der Waals surface area contributed by atoms with E-state index in [0.29, 0.717) is 24.6 Å². The minimum Gasteiger partial charge on any atom is -0.352 e. The number of aromatic nitrogens is 2. The van der Waals surface area contributed by atoms with E-state index in [1.54, 1.807) is 12.4 Å². The number of hydrogen-bond donors (Lipinski definition) is 2. The van der Waals surface area contributed by atoms with Crippen molar-refractivity contribution in [3.05, 3.63) is 53.3 Å². The van der Waals surface area contributed by atoms with E-state index in [1.165, 1.54) is 11.1 Å². The van der Waals surface area contributed by atoms with Crippen molar-refractivity contribution >= 4 is 11.9 Å². The van der Waals surface area contributed by atoms with E-state index in [-0.39, 0.29) is 5.91 Å². The summed E-state index contributed by atoms with van der Waals surface area (Å²) in [5.74, 6) is 0.394. The van der Waals surface area contributed by atoms with Gasteiger partial charge in [0.25, 0.3) is 5.91 Å². The van der Waals surface area contributed by atoms with E-state index in [1.807, 2.05) is 6.07 Å². The second kappa shape index (κ2) is 8.12. The Morgan fingerprint density at radius 1 is 1.23 bits per heavy atom. The van der Waals surface area contributed by atoms with Crippen LogP contribution in [0, 0.1) is 6.92 Å². The van der Waals surface area contributed by atoms with Crippen LogP contribution in [0.4, 0.5) is 5.95 Å². The number of aryl methyl sites for hydroxylation is 1. The van der Waals surface area contributed by atoms with E-state index in [0.717, 1.165) is 12.8 Å². The van der Waals surface area contributed by atoms with Gasteiger partial charge in [-0.2, -0.15) is 0 Å². The van der Waals surface area contributed by atoms with Gasteiger partial charge in [0.15, 0.2) is 0 Å². The molecule has 1 amide bonds. The Labute approximate surface area is 131 Å². The SMILES string of the molecule is CCCCNC(=O)c1cnc(NCc2cccc(C)c2)nc1. The largest absolute Gasteiger partial charge is 0.352 e. The van der Waals surface area contributed by atoms with Gasteiger partial charge < -0.3 is 10.6 Å². The van der Waals surface area contributed by atoms with Crippen molar-refractivity contribution in [3.63, 3.8) is 0 Å². The Hall–Kier alpha value is -2.43. The number of anilines is 1. The molecule has 0 atom stereocenters. The fourth-order valence-corrected chi connectivity index (χ4v) is 2.02. The minimum atomic E-state index is -0.126. The van der Waals surface area contributed by atoms with Gasteiger partial charge in [0.2, 0.25) is 5.95 Å². The van der Waals surface area contributed by atoms with Crippen LogP contribution in [0.15, 0.2) is 36.7 Å². The summed E-state index contributed by atoms with van der Waals surface area (Å²) in [4.78, 5) is 20.2. The molecule has 2 N–H and O–H groups in total. The summed E-state index contributed by atoms with van der Waals surface area (Å²) in [7, 11) is 0. The molecule has 5 nitrogen and oxygen atoms in total. The smallest absolute Gasteiger partial charge is 0.254 e. The van der Waals surface area contributed by atoms with Gasteiger partial charge in [-0.25, -0.2) is 9.97 Å². The van der Waals surface area contributed by atoms with Gasteiger partial charge in [-0.3, -0.25) is 4.79 Å². The van der Waals surface area contributed by atoms with E-state index in [2.05, 4.69) is 52.6 Å². The van der Waals surface area contributed by atoms with E-state index >= 15 is 0 Å². The molecule has 2 aromatic rings. The first kappa shape index (κ1) is 15.9. The predicted octanol–water partition coefficient (Wildman–Crippen LogP) is 2.93. The van der Waals surface area contributed by atoms with Crippen molar-refractivity contribution in [2.24, 2.45) is 0 Å². The van der Waals surface area contributed by atoms with Gasteiger partial charge in [0.05, 0.1) is 5.56 Å². The number of nitrogens with zero attached hydrogens (tertiary/aromatic N) is 2. The van der Waals surface area contributed by atoms with E-state index in [9.17, 15) is 4.79 Å². The van der Waals surface area contributed by atoms with Gasteiger partial charge >= 0.3 is 0 Å². The van der Waals surface area contributed by atoms with Gasteiger partial charge in [0.1, 0.15) is 0 Å². The highest BCUT2D eigenvalue weighted by Gasteiger charge is 2.06. The lowest BCUT2D eigenvalue weighted by molar-refractivity contribution is 0.0952. The third-order valence-electron chi connectivity index (χ3n) is 3.26. The molecule has 0 radical (unpaired) electrons. The summed E-state index contributed by atoms with van der Waals surface area (Å²) in [5, 5.41) is 6.00. The Bertz CT molecular complexity index is 610. The molecule has 0 saturated carbocycles. The van der Waals surface area contributed by atoms with Crippen LogP contribution in [0.3, 0.4) is 0 Å². The zero-order valence-electron chi connectivity index (χ0n) is 13.1. The minimum absolute atomic E-state index is 0.126. The third kappa shape index (κ3) is 4.84. The van der Waals surface area contributed by atoms with Gasteiger partial charge in [-0.05, 0) is 18.9 Å². The number of carbonyl (C=O) groups is 1. The number of hydrogen-bond acceptors (Lipinski definition) is 4. The zero-order valence-corrected chi connectivity index (χ0v) is 13.1. The quantitative estimate of drug-likeness (QED) is 0.771. The molecule has 5 heteroatoms. The molecule has 0 unspecified atom stereocenters. The Morgan fingerprint density at radius 2 is 2.00 bits per heavy atom. The van der Waals surface area contributed by atoms with Crippen molar-refractivity contribution in [2.45, 2.75) is 33.2 Å². The van der Waals surface area contributed by atoms with Crippen LogP contribution in [0.1, 0.15) is 41.3 Å². The highest BCUT2D eigenvalue weighted by atomic mass is 16.1. The number of unbranched alkanes of at least 4 members (excludes halogenated alkanes) is 1. The molecule has 0 aliphatic heterocycles. The Balaban J connectivity index is 1.87. The number of carbonyl (C=O) groups excluding carboxylic acids is 1. The number of benzene rings is 1. The fourth-order valence-electron chi connectivity index (χ4n) is 2.02. The first-order valence-electron chi connectivity index (χ1n) is 7.58. The molecule has 116 valence electrons. The molecule has 0 spiro atoms. The molecule has 22 heavy (non-hydrogen) atoms. The lowest BCUT2D eigenvalue weighted by Crippen LogP contribution is -2.24. The van der Waals surface area contributed by atoms with Crippen molar-refractivity contribution in [1.29, 1.82) is 0 Å². The van der Waals surface area contributed by atoms with Crippen LogP contribution < -0.4 is 10.6 Å². The van der Waals surface area contributed by atoms with E-state index in [4.69, 9.17) is 0 Å². The maximum Gasteiger partial charge on any atom is 0.254 e. The topological polar surface area (TPSA) is 66.9 Å². The van der Waals surface area contributed by atoms with E-state index < -0.39 is 0 Å². The summed E-state index contributed by atoms with van der Waals surface area (Å²) >= 11 is 0. The third-order valence-corrected chi connectivity index (χ3v) is 3.26. The standard InChI is InChI=1S/C17H22N4O/c1-3-4-8-18-16(22)15-11-20-17(21-12-15)19-10-14-7-5-6-13(2)9-14/h5-7,9,11-12H,3-4,8,10H2,1-2H3,(H,18,22)(H,19,20,21). The number of amides is 1. The zero-order chi connectivity index (χ0) is 15.8. The lowest BCUT2D eigenvalue weighted by Gasteiger charge is -2.07. The highest BCUT2D eigenvalue weighted by molar-refractivity contribution is 5.93. The van der Waals surface area contributed by atoms with Crippen molar-refractivity contribution in [3.8, 4) is 0 Å². The molecular weight excluding hydrogens is 276 g/mol. The number of rotatable bonds is 7. The molecular formula is C17H22N4O. The summed E-state index contributed by atoms with van der Waals surface area (Å²) in [5.41, 5.74) is 2.88. The van der Waals surface area contributed by atoms with Crippen LogP contribution in [0.25, 0.3) is 0 Å². The molecule has 0 aliphatic rings. The average molecular weight is 298 g/mol. The van der Waals surface area contributed by atoms with Crippen molar-refractivity contribution in [1.82, 2.24) is 15.3 Å². The molecule has 1 aromatic heterocycles. The fraction of sp³-hybridized carbons (Fsp3) is 0.353. The maximum atomic E-state index is 11.8. The molecule has 0 saturated heterocycles. The predicted molar refractivity (Wildman–Crippen MR) is 87.8 cm³/mol. The maximum absolute atomic E-state index is 11.8. The summed E-state index contributed by atoms with van der Waals surface area (Å²) in [6.07, 6.45) is 5.13. The molecule has 0 aliphatic carbocycles. The van der Waals surface area contributed by atoms with Crippen molar-refractivity contribution < 1.29 is 4.79 Å². The average Bonchev–Trinajstić information content (AvgIpc) is 2.54. The normalized spacial score (nSPS) is 10.3. The monoisotopic (exact) mass is 298 g/mol. The first-order valence-corrected chi connectivity index (χ1v) is 7.58. The molecule has 1 heterocycles. The molecule has 1 aromatic carbocycles. The lowest BCUT2D eigenvalue weighted by atomic mass is 10.1. The summed E-state index contributed by atoms with van der Waals surface area (Å²) < 4.78 is 0. The Kier molecular flexibility index (Phi) is 5.89. The van der Waals surface area contributed by atoms with Crippen molar-refractivity contribution in [2.75, 3.05) is 11.9 Å². The summed E-state index contributed by atoms with van der Waals surface area (Å²) in [6.45, 7) is 5.49. The van der Waals surface area contributed by atoms with Gasteiger partial charge in [0, 0.05) is 25.5 Å². The summed E-state index contributed by atoms with van der Waals surface area (Å²) in [6, 6.07) is 8.25. The molecule has 0 bridgehead atoms. The van der Waals surface area contributed by atoms with Crippen LogP contribution in [0.5, 0.6) is 0 Å². The second-order valence-corrected chi connectivity index (χ2v) is 5.25. The second-order valence-electron chi connectivity index (χ2n) is 5.25. The van der Waals surface area contributed by atoms with Crippen LogP contribution in [-0.2, 0) is 6.54 Å². The highest BCUT2D eigenvalue weighted by Crippen LogP contribution is 2.07. The Morgan fingerprint density at radius 3 is 2.68 bits per heavy atom. The molecule has 0 fully saturated rings. The first-order chi connectivity index (χ1) is 10.7. The van der Waals surface area contributed by atoms with Crippen LogP contribution >= 0.6 is 0 Å².